The van der Waals surface area contributed by atoms with Crippen molar-refractivity contribution < 1.29 is 9.47 Å². The predicted octanol–water partition coefficient (Wildman–Crippen LogP) is 3.46. The van der Waals surface area contributed by atoms with E-state index in [1.165, 1.54) is 5.00 Å². The SMILES string of the molecule is CN=C(NCc1cc(Cl)c2c(c1)OCO2)NC1CCN(c2cccs2)CC1. The number of hydrogen-bond acceptors (Lipinski definition) is 5. The van der Waals surface area contributed by atoms with E-state index in [0.29, 0.717) is 29.1 Å². The van der Waals surface area contributed by atoms with Gasteiger partial charge >= 0.3 is 0 Å². The van der Waals surface area contributed by atoms with Crippen molar-refractivity contribution in [2.45, 2.75) is 25.4 Å². The number of nitrogens with zero attached hydrogens (tertiary/aromatic N) is 2. The number of ether oxygens (including phenoxy) is 2. The molecule has 2 aliphatic heterocycles. The Labute approximate surface area is 168 Å². The van der Waals surface area contributed by atoms with Gasteiger partial charge < -0.3 is 25.0 Å². The number of fused-ring (bicyclic) bond motifs is 1. The number of benzene rings is 1. The minimum atomic E-state index is 0.222. The van der Waals surface area contributed by atoms with Crippen LogP contribution < -0.4 is 25.0 Å². The highest BCUT2D eigenvalue weighted by Crippen LogP contribution is 2.39. The Morgan fingerprint density at radius 3 is 2.93 bits per heavy atom. The zero-order valence-corrected chi connectivity index (χ0v) is 16.8. The van der Waals surface area contributed by atoms with Crippen LogP contribution in [0.3, 0.4) is 0 Å². The first-order chi connectivity index (χ1) is 13.2. The van der Waals surface area contributed by atoms with Gasteiger partial charge in [0, 0.05) is 32.7 Å². The van der Waals surface area contributed by atoms with Crippen LogP contribution in [0.2, 0.25) is 5.02 Å². The van der Waals surface area contributed by atoms with Gasteiger partial charge in [-0.15, -0.1) is 11.3 Å². The van der Waals surface area contributed by atoms with E-state index < -0.39 is 0 Å². The van der Waals surface area contributed by atoms with Gasteiger partial charge in [0.15, 0.2) is 17.5 Å². The zero-order valence-electron chi connectivity index (χ0n) is 15.2. The number of aliphatic imine (C=N–C) groups is 1. The summed E-state index contributed by atoms with van der Waals surface area (Å²) >= 11 is 8.06. The van der Waals surface area contributed by atoms with Crippen molar-refractivity contribution in [1.82, 2.24) is 10.6 Å². The number of hydrogen-bond donors (Lipinski definition) is 2. The van der Waals surface area contributed by atoms with E-state index >= 15 is 0 Å². The Kier molecular flexibility index (Phi) is 5.59. The number of anilines is 1. The smallest absolute Gasteiger partial charge is 0.231 e. The molecule has 0 bridgehead atoms. The minimum absolute atomic E-state index is 0.222. The van der Waals surface area contributed by atoms with Gasteiger partial charge in [-0.3, -0.25) is 4.99 Å². The monoisotopic (exact) mass is 406 g/mol. The lowest BCUT2D eigenvalue weighted by atomic mass is 10.1. The molecule has 0 unspecified atom stereocenters. The average Bonchev–Trinajstić information content (AvgIpc) is 3.37. The molecule has 0 atom stereocenters. The van der Waals surface area contributed by atoms with Gasteiger partial charge in [0.2, 0.25) is 6.79 Å². The molecule has 0 radical (unpaired) electrons. The Morgan fingerprint density at radius 2 is 2.19 bits per heavy atom. The highest BCUT2D eigenvalue weighted by molar-refractivity contribution is 7.14. The molecule has 1 fully saturated rings. The van der Waals surface area contributed by atoms with E-state index in [-0.39, 0.29) is 6.79 Å². The molecule has 2 aromatic rings. The molecular weight excluding hydrogens is 384 g/mol. The average molecular weight is 407 g/mol. The number of piperidine rings is 1. The standard InChI is InChI=1S/C19H23ClN4O2S/c1-21-19(22-11-13-9-15(20)18-16(10-13)25-12-26-18)23-14-4-6-24(7-5-14)17-3-2-8-27-17/h2-3,8-10,14H,4-7,11-12H2,1H3,(H2,21,22,23). The Bertz CT molecular complexity index is 804. The second kappa shape index (κ2) is 8.27. The number of halogens is 1. The largest absolute Gasteiger partial charge is 0.454 e. The van der Waals surface area contributed by atoms with Gasteiger partial charge in [0.1, 0.15) is 0 Å². The second-order valence-electron chi connectivity index (χ2n) is 6.59. The molecule has 4 rings (SSSR count). The quantitative estimate of drug-likeness (QED) is 0.601. The maximum absolute atomic E-state index is 6.25. The molecule has 2 N–H and O–H groups in total. The predicted molar refractivity (Wildman–Crippen MR) is 110 cm³/mol. The summed E-state index contributed by atoms with van der Waals surface area (Å²) in [4.78, 5) is 6.81. The van der Waals surface area contributed by atoms with Crippen molar-refractivity contribution in [2.24, 2.45) is 4.99 Å². The van der Waals surface area contributed by atoms with Crippen LogP contribution in [0.5, 0.6) is 11.5 Å². The zero-order chi connectivity index (χ0) is 18.6. The molecule has 2 aliphatic rings. The fourth-order valence-corrected chi connectivity index (χ4v) is 4.46. The highest BCUT2D eigenvalue weighted by atomic mass is 35.5. The van der Waals surface area contributed by atoms with Crippen LogP contribution in [0.4, 0.5) is 5.00 Å². The Morgan fingerprint density at radius 1 is 1.33 bits per heavy atom. The molecule has 144 valence electrons. The third-order valence-electron chi connectivity index (χ3n) is 4.82. The van der Waals surface area contributed by atoms with Crippen molar-refractivity contribution in [3.63, 3.8) is 0 Å². The summed E-state index contributed by atoms with van der Waals surface area (Å²) in [6.07, 6.45) is 2.18. The van der Waals surface area contributed by atoms with E-state index in [2.05, 4.69) is 38.0 Å². The molecular formula is C19H23ClN4O2S. The van der Waals surface area contributed by atoms with Crippen LogP contribution in [0.25, 0.3) is 0 Å². The molecule has 0 aliphatic carbocycles. The second-order valence-corrected chi connectivity index (χ2v) is 7.93. The summed E-state index contributed by atoms with van der Waals surface area (Å²) in [7, 11) is 1.79. The number of thiophene rings is 1. The van der Waals surface area contributed by atoms with Crippen LogP contribution in [-0.2, 0) is 6.54 Å². The molecule has 27 heavy (non-hydrogen) atoms. The summed E-state index contributed by atoms with van der Waals surface area (Å²) in [5.74, 6) is 2.13. The third kappa shape index (κ3) is 4.25. The Hall–Kier alpha value is -2.12. The fourth-order valence-electron chi connectivity index (χ4n) is 3.39. The molecule has 1 aromatic heterocycles. The van der Waals surface area contributed by atoms with Crippen molar-refractivity contribution in [1.29, 1.82) is 0 Å². The summed E-state index contributed by atoms with van der Waals surface area (Å²) < 4.78 is 10.8. The van der Waals surface area contributed by atoms with Crippen LogP contribution in [-0.4, -0.2) is 38.9 Å². The third-order valence-corrected chi connectivity index (χ3v) is 6.03. The van der Waals surface area contributed by atoms with Gasteiger partial charge in [-0.05, 0) is 48.1 Å². The number of nitrogens with one attached hydrogen (secondary N) is 2. The van der Waals surface area contributed by atoms with E-state index in [4.69, 9.17) is 21.1 Å². The highest BCUT2D eigenvalue weighted by Gasteiger charge is 2.21. The van der Waals surface area contributed by atoms with E-state index in [1.54, 1.807) is 18.4 Å². The van der Waals surface area contributed by atoms with Crippen LogP contribution >= 0.6 is 22.9 Å². The van der Waals surface area contributed by atoms with Gasteiger partial charge in [-0.1, -0.05) is 11.6 Å². The van der Waals surface area contributed by atoms with E-state index in [9.17, 15) is 0 Å². The maximum Gasteiger partial charge on any atom is 0.231 e. The van der Waals surface area contributed by atoms with Crippen molar-refractivity contribution in [3.05, 3.63) is 40.2 Å². The normalized spacial score (nSPS) is 17.3. The first-order valence-electron chi connectivity index (χ1n) is 9.06. The van der Waals surface area contributed by atoms with Gasteiger partial charge in [0.25, 0.3) is 0 Å². The van der Waals surface area contributed by atoms with Crippen molar-refractivity contribution in [3.8, 4) is 11.5 Å². The summed E-state index contributed by atoms with van der Waals surface area (Å²) in [6.45, 7) is 2.96. The molecule has 0 amide bonds. The fraction of sp³-hybridized carbons (Fsp3) is 0.421. The number of guanidine groups is 1. The van der Waals surface area contributed by atoms with Crippen LogP contribution in [0.15, 0.2) is 34.6 Å². The van der Waals surface area contributed by atoms with Crippen LogP contribution in [0.1, 0.15) is 18.4 Å². The number of rotatable bonds is 4. The Balaban J connectivity index is 1.28. The first-order valence-corrected chi connectivity index (χ1v) is 10.3. The topological polar surface area (TPSA) is 58.1 Å². The van der Waals surface area contributed by atoms with Gasteiger partial charge in [0.05, 0.1) is 10.0 Å². The lowest BCUT2D eigenvalue weighted by Gasteiger charge is -2.33. The van der Waals surface area contributed by atoms with Crippen LogP contribution in [0, 0.1) is 0 Å². The first kappa shape index (κ1) is 18.3. The summed E-state index contributed by atoms with van der Waals surface area (Å²) in [6, 6.07) is 8.57. The van der Waals surface area contributed by atoms with Gasteiger partial charge in [-0.2, -0.15) is 0 Å². The van der Waals surface area contributed by atoms with Crippen molar-refractivity contribution >= 4 is 33.9 Å². The molecule has 8 heteroatoms. The van der Waals surface area contributed by atoms with Gasteiger partial charge in [-0.25, -0.2) is 0 Å². The molecule has 0 spiro atoms. The molecule has 3 heterocycles. The molecule has 1 saturated heterocycles. The lowest BCUT2D eigenvalue weighted by Crippen LogP contribution is -2.48. The molecule has 1 aromatic carbocycles. The minimum Gasteiger partial charge on any atom is -0.454 e. The maximum atomic E-state index is 6.25. The molecule has 0 saturated carbocycles. The van der Waals surface area contributed by atoms with E-state index in [1.807, 2.05) is 12.1 Å². The lowest BCUT2D eigenvalue weighted by molar-refractivity contribution is 0.174. The summed E-state index contributed by atoms with van der Waals surface area (Å²) in [5.41, 5.74) is 1.03. The van der Waals surface area contributed by atoms with Crippen molar-refractivity contribution in [2.75, 3.05) is 31.8 Å². The summed E-state index contributed by atoms with van der Waals surface area (Å²) in [5, 5.41) is 11.0. The molecule has 6 nitrogen and oxygen atoms in total. The van der Waals surface area contributed by atoms with E-state index in [0.717, 1.165) is 37.5 Å².